The summed E-state index contributed by atoms with van der Waals surface area (Å²) in [5.41, 5.74) is 0.551. The minimum absolute atomic E-state index is 0.551. The molecule has 0 spiro atoms. The summed E-state index contributed by atoms with van der Waals surface area (Å²) in [5, 5.41) is 3.76. The molecular weight excluding hydrogens is 220 g/mol. The van der Waals surface area contributed by atoms with Crippen molar-refractivity contribution < 1.29 is 0 Å². The van der Waals surface area contributed by atoms with Crippen molar-refractivity contribution in [1.29, 1.82) is 0 Å². The Morgan fingerprint density at radius 1 is 1.11 bits per heavy atom. The molecule has 106 valence electrons. The first-order chi connectivity index (χ1) is 8.66. The van der Waals surface area contributed by atoms with Crippen molar-refractivity contribution in [2.75, 3.05) is 26.2 Å². The molecule has 1 heterocycles. The Hall–Kier alpha value is -0.0800. The fourth-order valence-electron chi connectivity index (χ4n) is 3.65. The average Bonchev–Trinajstić information content (AvgIpc) is 2.35. The molecule has 1 N–H and O–H groups in total. The maximum atomic E-state index is 3.76. The molecule has 1 saturated carbocycles. The van der Waals surface area contributed by atoms with Gasteiger partial charge in [-0.15, -0.1) is 0 Å². The second-order valence-corrected chi connectivity index (χ2v) is 7.19. The zero-order chi connectivity index (χ0) is 12.8. The highest BCUT2D eigenvalue weighted by Crippen LogP contribution is 2.28. The Labute approximate surface area is 114 Å². The molecule has 1 aliphatic carbocycles. The van der Waals surface area contributed by atoms with Gasteiger partial charge >= 0.3 is 0 Å². The van der Waals surface area contributed by atoms with Gasteiger partial charge in [0, 0.05) is 12.6 Å². The highest BCUT2D eigenvalue weighted by molar-refractivity contribution is 4.80. The van der Waals surface area contributed by atoms with Crippen LogP contribution in [0.25, 0.3) is 0 Å². The Morgan fingerprint density at radius 3 is 2.61 bits per heavy atom. The minimum atomic E-state index is 0.551. The molecule has 1 saturated heterocycles. The number of hydrogen-bond acceptors (Lipinski definition) is 2. The third-order valence-corrected chi connectivity index (χ3v) is 4.67. The molecule has 0 atom stereocenters. The molecule has 0 aromatic rings. The molecule has 0 amide bonds. The molecule has 0 unspecified atom stereocenters. The van der Waals surface area contributed by atoms with Crippen LogP contribution in [0, 0.1) is 5.41 Å². The Bertz CT molecular complexity index is 231. The Kier molecular flexibility index (Phi) is 5.50. The third-order valence-electron chi connectivity index (χ3n) is 4.67. The lowest BCUT2D eigenvalue weighted by atomic mass is 9.84. The molecule has 2 aliphatic rings. The summed E-state index contributed by atoms with van der Waals surface area (Å²) in [4.78, 5) is 2.67. The van der Waals surface area contributed by atoms with E-state index in [9.17, 15) is 0 Å². The summed E-state index contributed by atoms with van der Waals surface area (Å²) >= 11 is 0. The van der Waals surface area contributed by atoms with Crippen molar-refractivity contribution in [3.8, 4) is 0 Å². The molecule has 2 nitrogen and oxygen atoms in total. The summed E-state index contributed by atoms with van der Waals surface area (Å²) in [7, 11) is 0. The van der Waals surface area contributed by atoms with Gasteiger partial charge in [0.25, 0.3) is 0 Å². The van der Waals surface area contributed by atoms with Gasteiger partial charge in [0.1, 0.15) is 0 Å². The lowest BCUT2D eigenvalue weighted by Gasteiger charge is -2.38. The zero-order valence-corrected chi connectivity index (χ0v) is 12.5. The maximum absolute atomic E-state index is 3.76. The van der Waals surface area contributed by atoms with Crippen LogP contribution >= 0.6 is 0 Å². The molecule has 0 bridgehead atoms. The molecule has 2 fully saturated rings. The lowest BCUT2D eigenvalue weighted by Crippen LogP contribution is -2.41. The average molecular weight is 252 g/mol. The molecule has 0 aromatic carbocycles. The fraction of sp³-hybridized carbons (Fsp3) is 1.00. The van der Waals surface area contributed by atoms with E-state index in [2.05, 4.69) is 24.1 Å². The van der Waals surface area contributed by atoms with Gasteiger partial charge in [0.15, 0.2) is 0 Å². The van der Waals surface area contributed by atoms with Crippen molar-refractivity contribution in [3.63, 3.8) is 0 Å². The topological polar surface area (TPSA) is 15.3 Å². The van der Waals surface area contributed by atoms with Gasteiger partial charge in [0.05, 0.1) is 0 Å². The van der Waals surface area contributed by atoms with Crippen LogP contribution in [0.4, 0.5) is 0 Å². The van der Waals surface area contributed by atoms with Crippen LogP contribution in [0.2, 0.25) is 0 Å². The highest BCUT2D eigenvalue weighted by Gasteiger charge is 2.25. The number of nitrogens with one attached hydrogen (secondary N) is 1. The van der Waals surface area contributed by atoms with Crippen LogP contribution in [0.5, 0.6) is 0 Å². The maximum Gasteiger partial charge on any atom is 0.00670 e. The van der Waals surface area contributed by atoms with Crippen molar-refractivity contribution in [1.82, 2.24) is 10.2 Å². The number of hydrogen-bond donors (Lipinski definition) is 1. The van der Waals surface area contributed by atoms with E-state index in [1.165, 1.54) is 77.5 Å². The highest BCUT2D eigenvalue weighted by atomic mass is 15.1. The summed E-state index contributed by atoms with van der Waals surface area (Å²) in [6.45, 7) is 9.98. The number of piperidine rings is 1. The van der Waals surface area contributed by atoms with E-state index < -0.39 is 0 Å². The SMILES string of the molecule is CC1(C)CCCN(CCCNC2CCCCC2)C1. The predicted octanol–water partition coefficient (Wildman–Crippen LogP) is 3.42. The van der Waals surface area contributed by atoms with E-state index in [-0.39, 0.29) is 0 Å². The number of rotatable bonds is 5. The monoisotopic (exact) mass is 252 g/mol. The van der Waals surface area contributed by atoms with Crippen LogP contribution < -0.4 is 5.32 Å². The number of nitrogens with zero attached hydrogens (tertiary/aromatic N) is 1. The van der Waals surface area contributed by atoms with Crippen LogP contribution in [0.3, 0.4) is 0 Å². The van der Waals surface area contributed by atoms with Crippen LogP contribution in [-0.4, -0.2) is 37.1 Å². The van der Waals surface area contributed by atoms with E-state index >= 15 is 0 Å². The normalized spacial score (nSPS) is 26.3. The number of likely N-dealkylation sites (tertiary alicyclic amines) is 1. The van der Waals surface area contributed by atoms with E-state index in [0.717, 1.165) is 6.04 Å². The first-order valence-electron chi connectivity index (χ1n) is 8.11. The van der Waals surface area contributed by atoms with Gasteiger partial charge in [-0.1, -0.05) is 33.1 Å². The van der Waals surface area contributed by atoms with Gasteiger partial charge in [-0.05, 0) is 57.2 Å². The van der Waals surface area contributed by atoms with E-state index in [4.69, 9.17) is 0 Å². The smallest absolute Gasteiger partial charge is 0.00670 e. The largest absolute Gasteiger partial charge is 0.314 e. The summed E-state index contributed by atoms with van der Waals surface area (Å²) < 4.78 is 0. The van der Waals surface area contributed by atoms with E-state index in [1.807, 2.05) is 0 Å². The van der Waals surface area contributed by atoms with E-state index in [1.54, 1.807) is 0 Å². The quantitative estimate of drug-likeness (QED) is 0.754. The van der Waals surface area contributed by atoms with E-state index in [0.29, 0.717) is 5.41 Å². The minimum Gasteiger partial charge on any atom is -0.314 e. The fourth-order valence-corrected chi connectivity index (χ4v) is 3.65. The Morgan fingerprint density at radius 2 is 1.89 bits per heavy atom. The standard InChI is InChI=1S/C16H32N2/c1-16(2)10-6-12-18(14-16)13-7-11-17-15-8-4-3-5-9-15/h15,17H,3-14H2,1-2H3. The summed E-state index contributed by atoms with van der Waals surface area (Å²) in [6, 6.07) is 0.830. The van der Waals surface area contributed by atoms with Crippen molar-refractivity contribution in [2.24, 2.45) is 5.41 Å². The predicted molar refractivity (Wildman–Crippen MR) is 78.9 cm³/mol. The molecular formula is C16H32N2. The molecule has 0 aromatic heterocycles. The van der Waals surface area contributed by atoms with Crippen molar-refractivity contribution in [2.45, 2.75) is 71.3 Å². The molecule has 2 rings (SSSR count). The Balaban J connectivity index is 1.54. The molecule has 18 heavy (non-hydrogen) atoms. The van der Waals surface area contributed by atoms with Gasteiger partial charge in [-0.3, -0.25) is 0 Å². The second-order valence-electron chi connectivity index (χ2n) is 7.19. The second kappa shape index (κ2) is 6.91. The zero-order valence-electron chi connectivity index (χ0n) is 12.5. The van der Waals surface area contributed by atoms with Crippen LogP contribution in [0.1, 0.15) is 65.2 Å². The van der Waals surface area contributed by atoms with Crippen molar-refractivity contribution >= 4 is 0 Å². The molecule has 0 radical (unpaired) electrons. The van der Waals surface area contributed by atoms with Crippen LogP contribution in [0.15, 0.2) is 0 Å². The lowest BCUT2D eigenvalue weighted by molar-refractivity contribution is 0.116. The first-order valence-corrected chi connectivity index (χ1v) is 8.11. The van der Waals surface area contributed by atoms with Crippen LogP contribution in [-0.2, 0) is 0 Å². The van der Waals surface area contributed by atoms with Gasteiger partial charge in [0.2, 0.25) is 0 Å². The van der Waals surface area contributed by atoms with Crippen molar-refractivity contribution in [3.05, 3.63) is 0 Å². The summed E-state index contributed by atoms with van der Waals surface area (Å²) in [6.07, 6.45) is 11.3. The van der Waals surface area contributed by atoms with Gasteiger partial charge < -0.3 is 10.2 Å². The van der Waals surface area contributed by atoms with Gasteiger partial charge in [-0.25, -0.2) is 0 Å². The third kappa shape index (κ3) is 4.89. The summed E-state index contributed by atoms with van der Waals surface area (Å²) in [5.74, 6) is 0. The molecule has 1 aliphatic heterocycles. The van der Waals surface area contributed by atoms with Gasteiger partial charge in [-0.2, -0.15) is 0 Å². The molecule has 2 heteroatoms. The first kappa shape index (κ1) is 14.3.